The maximum Gasteiger partial charge on any atom is 0.373 e. The molecule has 0 radical (unpaired) electrons. The Bertz CT molecular complexity index is 443. The van der Waals surface area contributed by atoms with Crippen LogP contribution in [0.25, 0.3) is 0 Å². The number of carbonyl (C=O) groups is 1. The van der Waals surface area contributed by atoms with Gasteiger partial charge in [0.25, 0.3) is 0 Å². The number of unbranched alkanes of at least 4 members (excludes halogenated alkanes) is 6. The maximum absolute atomic E-state index is 11.9. The van der Waals surface area contributed by atoms with Crippen LogP contribution in [0.1, 0.15) is 88.6 Å². The summed E-state index contributed by atoms with van der Waals surface area (Å²) in [5.74, 6) is -0.423. The number of carbonyl (C=O) groups excluding carboxylic acids is 1. The van der Waals surface area contributed by atoms with Crippen LogP contribution >= 0.6 is 0 Å². The van der Waals surface area contributed by atoms with Crippen LogP contribution in [0, 0.1) is 0 Å². The Balaban J connectivity index is 2.17. The van der Waals surface area contributed by atoms with Crippen LogP contribution in [-0.2, 0) is 15.2 Å². The lowest BCUT2D eigenvalue weighted by Crippen LogP contribution is -2.12. The van der Waals surface area contributed by atoms with Crippen LogP contribution in [0.2, 0.25) is 0 Å². The second-order valence-electron chi connectivity index (χ2n) is 7.14. The summed E-state index contributed by atoms with van der Waals surface area (Å²) in [7, 11) is 0. The Hall–Kier alpha value is -1.35. The van der Waals surface area contributed by atoms with Gasteiger partial charge in [0.1, 0.15) is 0 Å². The zero-order valence-electron chi connectivity index (χ0n) is 15.2. The molecule has 0 N–H and O–H groups in total. The van der Waals surface area contributed by atoms with Crippen LogP contribution in [-0.4, -0.2) is 12.6 Å². The summed E-state index contributed by atoms with van der Waals surface area (Å²) in [6.07, 6.45) is 8.48. The SMILES string of the molecule is CCCCCCCCCOOC(=O)c1ccc(C(C)(C)C)cc1. The van der Waals surface area contributed by atoms with Crippen LogP contribution in [0.5, 0.6) is 0 Å². The smallest absolute Gasteiger partial charge is 0.293 e. The summed E-state index contributed by atoms with van der Waals surface area (Å²) >= 11 is 0. The third-order valence-electron chi connectivity index (χ3n) is 3.95. The highest BCUT2D eigenvalue weighted by Crippen LogP contribution is 2.22. The van der Waals surface area contributed by atoms with Gasteiger partial charge in [0.05, 0.1) is 12.2 Å². The standard InChI is InChI=1S/C20H32O3/c1-5-6-7-8-9-10-11-16-22-23-19(21)17-12-14-18(15-13-17)20(2,3)4/h12-15H,5-11,16H2,1-4H3. The number of benzene rings is 1. The van der Waals surface area contributed by atoms with E-state index in [1.165, 1.54) is 37.7 Å². The van der Waals surface area contributed by atoms with Crippen LogP contribution in [0.4, 0.5) is 0 Å². The van der Waals surface area contributed by atoms with Crippen LogP contribution in [0.15, 0.2) is 24.3 Å². The summed E-state index contributed by atoms with van der Waals surface area (Å²) in [4.78, 5) is 21.8. The highest BCUT2D eigenvalue weighted by Gasteiger charge is 2.15. The van der Waals surface area contributed by atoms with E-state index in [0.29, 0.717) is 12.2 Å². The van der Waals surface area contributed by atoms with Crippen molar-refractivity contribution in [2.75, 3.05) is 6.61 Å². The van der Waals surface area contributed by atoms with Gasteiger partial charge < -0.3 is 0 Å². The van der Waals surface area contributed by atoms with E-state index in [0.717, 1.165) is 12.8 Å². The van der Waals surface area contributed by atoms with Crippen LogP contribution < -0.4 is 0 Å². The summed E-state index contributed by atoms with van der Waals surface area (Å²) < 4.78 is 0. The van der Waals surface area contributed by atoms with E-state index < -0.39 is 5.97 Å². The first-order chi connectivity index (χ1) is 10.9. The lowest BCUT2D eigenvalue weighted by molar-refractivity contribution is -0.241. The van der Waals surface area contributed by atoms with E-state index in [9.17, 15) is 4.79 Å². The van der Waals surface area contributed by atoms with Gasteiger partial charge in [0.15, 0.2) is 0 Å². The number of rotatable bonds is 10. The molecule has 0 aliphatic rings. The molecule has 0 fully saturated rings. The molecule has 0 bridgehead atoms. The van der Waals surface area contributed by atoms with Crippen molar-refractivity contribution in [1.29, 1.82) is 0 Å². The molecule has 0 amide bonds. The molecular formula is C20H32O3. The van der Waals surface area contributed by atoms with Gasteiger partial charge in [0.2, 0.25) is 0 Å². The highest BCUT2D eigenvalue weighted by atomic mass is 17.2. The van der Waals surface area contributed by atoms with E-state index in [-0.39, 0.29) is 5.41 Å². The predicted octanol–water partition coefficient (Wildman–Crippen LogP) is 5.82. The Morgan fingerprint density at radius 2 is 1.48 bits per heavy atom. The van der Waals surface area contributed by atoms with E-state index in [2.05, 4.69) is 27.7 Å². The molecule has 0 atom stereocenters. The average molecular weight is 320 g/mol. The topological polar surface area (TPSA) is 35.5 Å². The molecule has 3 heteroatoms. The fourth-order valence-corrected chi connectivity index (χ4v) is 2.37. The molecular weight excluding hydrogens is 288 g/mol. The summed E-state index contributed by atoms with van der Waals surface area (Å²) in [5, 5.41) is 0. The second-order valence-corrected chi connectivity index (χ2v) is 7.14. The van der Waals surface area contributed by atoms with Gasteiger partial charge in [-0.15, -0.1) is 0 Å². The van der Waals surface area contributed by atoms with E-state index in [4.69, 9.17) is 9.78 Å². The van der Waals surface area contributed by atoms with Crippen molar-refractivity contribution in [3.05, 3.63) is 35.4 Å². The van der Waals surface area contributed by atoms with Crippen molar-refractivity contribution in [1.82, 2.24) is 0 Å². The Kier molecular flexibility index (Phi) is 8.93. The molecule has 23 heavy (non-hydrogen) atoms. The third kappa shape index (κ3) is 8.17. The van der Waals surface area contributed by atoms with Gasteiger partial charge in [-0.05, 0) is 29.5 Å². The van der Waals surface area contributed by atoms with E-state index in [1.807, 2.05) is 12.1 Å². The zero-order chi connectivity index (χ0) is 17.1. The van der Waals surface area contributed by atoms with Crippen molar-refractivity contribution >= 4 is 5.97 Å². The fraction of sp³-hybridized carbons (Fsp3) is 0.650. The molecule has 3 nitrogen and oxygen atoms in total. The summed E-state index contributed by atoms with van der Waals surface area (Å²) in [5.41, 5.74) is 1.80. The molecule has 1 aromatic carbocycles. The van der Waals surface area contributed by atoms with Gasteiger partial charge in [0, 0.05) is 0 Å². The molecule has 0 aliphatic carbocycles. The van der Waals surface area contributed by atoms with Crippen molar-refractivity contribution in [2.45, 2.75) is 78.1 Å². The Morgan fingerprint density at radius 1 is 0.913 bits per heavy atom. The summed E-state index contributed by atoms with van der Waals surface area (Å²) in [6.45, 7) is 9.13. The van der Waals surface area contributed by atoms with E-state index in [1.54, 1.807) is 12.1 Å². The lowest BCUT2D eigenvalue weighted by Gasteiger charge is -2.18. The van der Waals surface area contributed by atoms with E-state index >= 15 is 0 Å². The Morgan fingerprint density at radius 3 is 2.04 bits per heavy atom. The molecule has 0 aliphatic heterocycles. The molecule has 0 saturated carbocycles. The minimum atomic E-state index is -0.423. The normalized spacial score (nSPS) is 11.5. The van der Waals surface area contributed by atoms with Gasteiger partial charge in [-0.2, -0.15) is 4.89 Å². The fourth-order valence-electron chi connectivity index (χ4n) is 2.37. The van der Waals surface area contributed by atoms with Crippen molar-refractivity contribution < 1.29 is 14.6 Å². The molecule has 1 rings (SSSR count). The van der Waals surface area contributed by atoms with Crippen molar-refractivity contribution in [3.63, 3.8) is 0 Å². The van der Waals surface area contributed by atoms with Gasteiger partial charge in [-0.25, -0.2) is 4.79 Å². The maximum atomic E-state index is 11.9. The monoisotopic (exact) mass is 320 g/mol. The largest absolute Gasteiger partial charge is 0.373 e. The Labute approximate surface area is 141 Å². The van der Waals surface area contributed by atoms with Gasteiger partial charge in [-0.3, -0.25) is 4.89 Å². The molecule has 0 aromatic heterocycles. The lowest BCUT2D eigenvalue weighted by atomic mass is 9.87. The summed E-state index contributed by atoms with van der Waals surface area (Å²) in [6, 6.07) is 7.51. The number of hydrogen-bond acceptors (Lipinski definition) is 3. The first-order valence-electron chi connectivity index (χ1n) is 8.89. The third-order valence-corrected chi connectivity index (χ3v) is 3.95. The molecule has 0 saturated heterocycles. The molecule has 0 unspecified atom stereocenters. The predicted molar refractivity (Wildman–Crippen MR) is 94.5 cm³/mol. The van der Waals surface area contributed by atoms with Gasteiger partial charge in [-0.1, -0.05) is 78.4 Å². The van der Waals surface area contributed by atoms with Crippen molar-refractivity contribution in [3.8, 4) is 0 Å². The second kappa shape index (κ2) is 10.4. The minimum Gasteiger partial charge on any atom is -0.293 e. The zero-order valence-corrected chi connectivity index (χ0v) is 15.2. The molecule has 0 spiro atoms. The quantitative estimate of drug-likeness (QED) is 0.309. The van der Waals surface area contributed by atoms with Crippen molar-refractivity contribution in [2.24, 2.45) is 0 Å². The first-order valence-corrected chi connectivity index (χ1v) is 8.89. The first kappa shape index (κ1) is 19.7. The average Bonchev–Trinajstić information content (AvgIpc) is 2.52. The minimum absolute atomic E-state index is 0.0794. The molecule has 0 heterocycles. The number of hydrogen-bond donors (Lipinski definition) is 0. The van der Waals surface area contributed by atoms with Gasteiger partial charge >= 0.3 is 5.97 Å². The molecule has 130 valence electrons. The molecule has 1 aromatic rings. The van der Waals surface area contributed by atoms with Crippen LogP contribution in [0.3, 0.4) is 0 Å². The highest BCUT2D eigenvalue weighted by molar-refractivity contribution is 5.88.